The summed E-state index contributed by atoms with van der Waals surface area (Å²) < 4.78 is 2.10. The lowest BCUT2D eigenvalue weighted by Crippen LogP contribution is -2.40. The summed E-state index contributed by atoms with van der Waals surface area (Å²) >= 11 is 0. The summed E-state index contributed by atoms with van der Waals surface area (Å²) in [5.74, 6) is 1.54. The predicted octanol–water partition coefficient (Wildman–Crippen LogP) is 2.95. The summed E-state index contributed by atoms with van der Waals surface area (Å²) in [6.07, 6.45) is 3.79. The van der Waals surface area contributed by atoms with Gasteiger partial charge in [0.1, 0.15) is 0 Å². The molecule has 0 atom stereocenters. The van der Waals surface area contributed by atoms with Crippen LogP contribution in [0.4, 0.5) is 11.8 Å². The topological polar surface area (TPSA) is 84.9 Å². The zero-order valence-electron chi connectivity index (χ0n) is 16.0. The monoisotopic (exact) mass is 365 g/mol. The van der Waals surface area contributed by atoms with Gasteiger partial charge in [-0.1, -0.05) is 30.3 Å². The van der Waals surface area contributed by atoms with E-state index in [2.05, 4.69) is 45.7 Å². The van der Waals surface area contributed by atoms with Gasteiger partial charge < -0.3 is 20.5 Å². The van der Waals surface area contributed by atoms with Crippen LogP contribution in [-0.2, 0) is 6.54 Å². The zero-order valence-corrected chi connectivity index (χ0v) is 16.0. The molecule has 0 amide bonds. The summed E-state index contributed by atoms with van der Waals surface area (Å²) in [5, 5.41) is 3.47. The second-order valence-electron chi connectivity index (χ2n) is 7.45. The molecule has 0 spiro atoms. The van der Waals surface area contributed by atoms with Gasteiger partial charge in [0.25, 0.3) is 0 Å². The predicted molar refractivity (Wildman–Crippen MR) is 109 cm³/mol. The second kappa shape index (κ2) is 7.52. The van der Waals surface area contributed by atoms with Crippen LogP contribution >= 0.6 is 0 Å². The van der Waals surface area contributed by atoms with Crippen molar-refractivity contribution in [2.45, 2.75) is 45.3 Å². The van der Waals surface area contributed by atoms with E-state index in [4.69, 9.17) is 15.7 Å². The molecule has 7 nitrogen and oxygen atoms in total. The summed E-state index contributed by atoms with van der Waals surface area (Å²) in [6, 6.07) is 10.9. The molecule has 1 fully saturated rings. The summed E-state index contributed by atoms with van der Waals surface area (Å²) in [4.78, 5) is 16.5. The highest BCUT2D eigenvalue weighted by molar-refractivity contribution is 5.84. The number of aromatic nitrogens is 4. The molecule has 0 saturated carbocycles. The van der Waals surface area contributed by atoms with Crippen LogP contribution in [0.15, 0.2) is 36.7 Å². The number of nitrogens with one attached hydrogen (secondary N) is 1. The number of fused-ring (bicyclic) bond motifs is 1. The Morgan fingerprint density at radius 1 is 1.15 bits per heavy atom. The second-order valence-corrected chi connectivity index (χ2v) is 7.45. The van der Waals surface area contributed by atoms with Crippen LogP contribution in [0.2, 0.25) is 0 Å². The van der Waals surface area contributed by atoms with Gasteiger partial charge in [-0.05, 0) is 32.3 Å². The molecule has 1 aliphatic rings. The lowest BCUT2D eigenvalue weighted by Gasteiger charge is -2.30. The molecule has 7 heteroatoms. The molecule has 142 valence electrons. The minimum Gasteiger partial charge on any atom is -0.364 e. The van der Waals surface area contributed by atoms with Crippen LogP contribution in [0.25, 0.3) is 11.2 Å². The van der Waals surface area contributed by atoms with Crippen molar-refractivity contribution in [2.24, 2.45) is 5.73 Å². The van der Waals surface area contributed by atoms with E-state index in [1.807, 2.05) is 24.5 Å². The Labute approximate surface area is 159 Å². The average molecular weight is 365 g/mol. The molecule has 0 radical (unpaired) electrons. The van der Waals surface area contributed by atoms with Crippen molar-refractivity contribution >= 4 is 22.9 Å². The van der Waals surface area contributed by atoms with Gasteiger partial charge in [-0.15, -0.1) is 0 Å². The molecular formula is C20H27N7. The number of rotatable bonds is 5. The largest absolute Gasteiger partial charge is 0.364 e. The lowest BCUT2D eigenvalue weighted by atomic mass is 10.1. The van der Waals surface area contributed by atoms with Gasteiger partial charge in [0.05, 0.1) is 6.33 Å². The number of hydrogen-bond acceptors (Lipinski definition) is 6. The van der Waals surface area contributed by atoms with E-state index >= 15 is 0 Å². The standard InChI is InChI=1S/C20H27N7/c1-14(2)27-13-23-17-18(22-12-15-6-4-3-5-7-15)24-20(25-19(17)27)26-10-8-16(21)9-11-26/h3-7,13-14,16H,8-12,21H2,1-2H3,(H,22,24,25). The van der Waals surface area contributed by atoms with Gasteiger partial charge in [-0.25, -0.2) is 4.98 Å². The molecule has 1 aliphatic heterocycles. The van der Waals surface area contributed by atoms with Crippen LogP contribution in [0, 0.1) is 0 Å². The van der Waals surface area contributed by atoms with Crippen molar-refractivity contribution in [3.05, 3.63) is 42.2 Å². The van der Waals surface area contributed by atoms with Crippen LogP contribution < -0.4 is 16.0 Å². The van der Waals surface area contributed by atoms with Crippen molar-refractivity contribution < 1.29 is 0 Å². The van der Waals surface area contributed by atoms with Crippen LogP contribution in [0.3, 0.4) is 0 Å². The Balaban J connectivity index is 1.69. The molecule has 0 bridgehead atoms. The first-order valence-electron chi connectivity index (χ1n) is 9.64. The van der Waals surface area contributed by atoms with Crippen LogP contribution in [0.1, 0.15) is 38.3 Å². The highest BCUT2D eigenvalue weighted by atomic mass is 15.3. The Hall–Kier alpha value is -2.67. The van der Waals surface area contributed by atoms with Crippen molar-refractivity contribution in [3.63, 3.8) is 0 Å². The van der Waals surface area contributed by atoms with Crippen molar-refractivity contribution in [1.29, 1.82) is 0 Å². The molecule has 27 heavy (non-hydrogen) atoms. The van der Waals surface area contributed by atoms with E-state index in [0.717, 1.165) is 48.9 Å². The third-order valence-electron chi connectivity index (χ3n) is 5.09. The van der Waals surface area contributed by atoms with E-state index in [1.165, 1.54) is 5.56 Å². The fourth-order valence-electron chi connectivity index (χ4n) is 3.43. The highest BCUT2D eigenvalue weighted by Crippen LogP contribution is 2.26. The number of hydrogen-bond donors (Lipinski definition) is 2. The fourth-order valence-corrected chi connectivity index (χ4v) is 3.43. The Morgan fingerprint density at radius 3 is 2.59 bits per heavy atom. The van der Waals surface area contributed by atoms with E-state index in [-0.39, 0.29) is 12.1 Å². The number of imidazole rings is 1. The fraction of sp³-hybridized carbons (Fsp3) is 0.450. The van der Waals surface area contributed by atoms with Gasteiger partial charge in [-0.2, -0.15) is 9.97 Å². The first-order valence-corrected chi connectivity index (χ1v) is 9.64. The molecule has 1 aromatic carbocycles. The van der Waals surface area contributed by atoms with Crippen molar-refractivity contribution in [1.82, 2.24) is 19.5 Å². The molecule has 3 aromatic rings. The third-order valence-corrected chi connectivity index (χ3v) is 5.09. The third kappa shape index (κ3) is 3.73. The van der Waals surface area contributed by atoms with Gasteiger partial charge in [0.15, 0.2) is 17.0 Å². The van der Waals surface area contributed by atoms with Gasteiger partial charge in [0.2, 0.25) is 5.95 Å². The van der Waals surface area contributed by atoms with E-state index in [0.29, 0.717) is 6.54 Å². The summed E-state index contributed by atoms with van der Waals surface area (Å²) in [6.45, 7) is 6.76. The maximum absolute atomic E-state index is 6.06. The Kier molecular flexibility index (Phi) is 4.94. The SMILES string of the molecule is CC(C)n1cnc2c(NCc3ccccc3)nc(N3CCC(N)CC3)nc21. The quantitative estimate of drug-likeness (QED) is 0.723. The Morgan fingerprint density at radius 2 is 1.89 bits per heavy atom. The first kappa shape index (κ1) is 17.7. The smallest absolute Gasteiger partial charge is 0.229 e. The van der Waals surface area contributed by atoms with Crippen LogP contribution in [0.5, 0.6) is 0 Å². The molecule has 2 aromatic heterocycles. The minimum absolute atomic E-state index is 0.279. The molecule has 1 saturated heterocycles. The van der Waals surface area contributed by atoms with E-state index < -0.39 is 0 Å². The maximum atomic E-state index is 6.06. The highest BCUT2D eigenvalue weighted by Gasteiger charge is 2.22. The molecule has 4 rings (SSSR count). The number of anilines is 2. The van der Waals surface area contributed by atoms with Crippen molar-refractivity contribution in [2.75, 3.05) is 23.3 Å². The van der Waals surface area contributed by atoms with E-state index in [9.17, 15) is 0 Å². The molecule has 3 heterocycles. The van der Waals surface area contributed by atoms with Gasteiger partial charge in [0, 0.05) is 31.7 Å². The number of nitrogens with zero attached hydrogens (tertiary/aromatic N) is 5. The number of piperidine rings is 1. The first-order chi connectivity index (χ1) is 13.1. The van der Waals surface area contributed by atoms with Gasteiger partial charge in [-0.3, -0.25) is 0 Å². The number of nitrogens with two attached hydrogens (primary N) is 1. The molecular weight excluding hydrogens is 338 g/mol. The van der Waals surface area contributed by atoms with E-state index in [1.54, 1.807) is 0 Å². The van der Waals surface area contributed by atoms with Crippen molar-refractivity contribution in [3.8, 4) is 0 Å². The molecule has 0 unspecified atom stereocenters. The normalized spacial score (nSPS) is 15.6. The minimum atomic E-state index is 0.279. The average Bonchev–Trinajstić information content (AvgIpc) is 3.12. The number of benzene rings is 1. The molecule has 0 aliphatic carbocycles. The molecule has 3 N–H and O–H groups in total. The van der Waals surface area contributed by atoms with Crippen LogP contribution in [-0.4, -0.2) is 38.7 Å². The Bertz CT molecular complexity index is 895. The zero-order chi connectivity index (χ0) is 18.8. The summed E-state index contributed by atoms with van der Waals surface area (Å²) in [5.41, 5.74) is 8.96. The maximum Gasteiger partial charge on any atom is 0.229 e. The lowest BCUT2D eigenvalue weighted by molar-refractivity contribution is 0.495. The van der Waals surface area contributed by atoms with Gasteiger partial charge >= 0.3 is 0 Å². The summed E-state index contributed by atoms with van der Waals surface area (Å²) in [7, 11) is 0.